The molecule has 102 valence electrons. The van der Waals surface area contributed by atoms with Gasteiger partial charge in [0.05, 0.1) is 0 Å². The normalized spacial score (nSPS) is 14.6. The van der Waals surface area contributed by atoms with Crippen LogP contribution >= 0.6 is 31.9 Å². The molecule has 0 heterocycles. The average Bonchev–Trinajstić information content (AvgIpc) is 2.30. The highest BCUT2D eigenvalue weighted by atomic mass is 79.9. The van der Waals surface area contributed by atoms with E-state index in [-0.39, 0.29) is 11.4 Å². The van der Waals surface area contributed by atoms with Crippen molar-refractivity contribution in [3.05, 3.63) is 33.7 Å². The van der Waals surface area contributed by atoms with Gasteiger partial charge in [-0.3, -0.25) is 0 Å². The number of benzene rings is 1. The van der Waals surface area contributed by atoms with Gasteiger partial charge in [0.1, 0.15) is 0 Å². The van der Waals surface area contributed by atoms with Gasteiger partial charge in [-0.1, -0.05) is 31.9 Å². The van der Waals surface area contributed by atoms with Gasteiger partial charge in [0.2, 0.25) is 0 Å². The van der Waals surface area contributed by atoms with E-state index in [9.17, 15) is 10.4 Å². The third-order valence-electron chi connectivity index (χ3n) is 2.52. The molecule has 1 rings (SSSR count). The molecule has 0 aliphatic rings. The Morgan fingerprint density at radius 3 is 1.44 bits per heavy atom. The molecule has 1 aromatic rings. The number of hydrogen-bond donors (Lipinski definition) is 4. The first kappa shape index (κ1) is 16.0. The lowest BCUT2D eigenvalue weighted by atomic mass is 10.0. The van der Waals surface area contributed by atoms with Crippen LogP contribution in [-0.4, -0.2) is 21.1 Å². The Morgan fingerprint density at radius 2 is 1.22 bits per heavy atom. The topological polar surface area (TPSA) is 95.5 Å². The van der Waals surface area contributed by atoms with Crippen molar-refractivity contribution < 1.29 is 20.9 Å². The minimum Gasteiger partial charge on any atom is -0.595 e. The van der Waals surface area contributed by atoms with Gasteiger partial charge < -0.3 is 10.4 Å². The monoisotopic (exact) mass is 384 g/mol. The quantitative estimate of drug-likeness (QED) is 0.420. The van der Waals surface area contributed by atoms with Crippen LogP contribution in [0.5, 0.6) is 0 Å². The van der Waals surface area contributed by atoms with Crippen molar-refractivity contribution in [2.75, 3.05) is 10.7 Å². The van der Waals surface area contributed by atoms with E-state index in [2.05, 4.69) is 31.9 Å². The Morgan fingerprint density at radius 1 is 0.889 bits per heavy atom. The molecule has 0 spiro atoms. The molecule has 0 saturated carbocycles. The number of aryl methyl sites for hydroxylation is 2. The first-order valence-electron chi connectivity index (χ1n) is 5.25. The summed E-state index contributed by atoms with van der Waals surface area (Å²) in [6.45, 7) is 0. The summed E-state index contributed by atoms with van der Waals surface area (Å²) in [5, 5.41) is 39.7. The number of halogens is 2. The number of quaternary nitrogens is 2. The molecule has 0 bridgehead atoms. The van der Waals surface area contributed by atoms with Crippen LogP contribution in [0.15, 0.2) is 12.1 Å². The zero-order chi connectivity index (χ0) is 13.7. The number of alkyl halides is 2. The molecule has 0 aliphatic heterocycles. The second-order valence-electron chi connectivity index (χ2n) is 3.65. The Hall–Kier alpha value is -0.0600. The van der Waals surface area contributed by atoms with Gasteiger partial charge in [0.15, 0.2) is 11.4 Å². The lowest BCUT2D eigenvalue weighted by molar-refractivity contribution is -0.993. The van der Waals surface area contributed by atoms with Crippen LogP contribution in [0.1, 0.15) is 11.1 Å². The lowest BCUT2D eigenvalue weighted by Crippen LogP contribution is -3.00. The fourth-order valence-corrected chi connectivity index (χ4v) is 2.56. The first-order chi connectivity index (χ1) is 8.51. The van der Waals surface area contributed by atoms with Gasteiger partial charge in [-0.05, 0) is 12.8 Å². The van der Waals surface area contributed by atoms with Crippen LogP contribution in [0.2, 0.25) is 0 Å². The zero-order valence-electron chi connectivity index (χ0n) is 9.45. The van der Waals surface area contributed by atoms with E-state index in [0.717, 1.165) is 0 Å². The van der Waals surface area contributed by atoms with Crippen molar-refractivity contribution in [1.82, 2.24) is 0 Å². The fraction of sp³-hybridized carbons (Fsp3) is 0.400. The van der Waals surface area contributed by atoms with Crippen molar-refractivity contribution in [2.45, 2.75) is 12.8 Å². The summed E-state index contributed by atoms with van der Waals surface area (Å²) in [6.07, 6.45) is 0.965. The molecular weight excluding hydrogens is 372 g/mol. The predicted octanol–water partition coefficient (Wildman–Crippen LogP) is 0.368. The summed E-state index contributed by atoms with van der Waals surface area (Å²) >= 11 is 6.46. The molecule has 0 aliphatic carbocycles. The maximum Gasteiger partial charge on any atom is 0.167 e. The van der Waals surface area contributed by atoms with Crippen LogP contribution in [0, 0.1) is 10.4 Å². The van der Waals surface area contributed by atoms with E-state index in [4.69, 9.17) is 10.4 Å². The summed E-state index contributed by atoms with van der Waals surface area (Å²) in [6, 6.07) is 2.93. The van der Waals surface area contributed by atoms with Crippen LogP contribution in [-0.2, 0) is 12.8 Å². The van der Waals surface area contributed by atoms with E-state index in [1.54, 1.807) is 0 Å². The van der Waals surface area contributed by atoms with Crippen molar-refractivity contribution in [3.8, 4) is 0 Å². The summed E-state index contributed by atoms with van der Waals surface area (Å²) < 4.78 is 0. The van der Waals surface area contributed by atoms with Crippen LogP contribution in [0.25, 0.3) is 0 Å². The van der Waals surface area contributed by atoms with E-state index in [1.165, 1.54) is 12.1 Å². The highest BCUT2D eigenvalue weighted by Crippen LogP contribution is 2.22. The number of nitrogens with one attached hydrogen (secondary N) is 2. The lowest BCUT2D eigenvalue weighted by Gasteiger charge is -2.21. The molecule has 1 aromatic carbocycles. The highest BCUT2D eigenvalue weighted by Gasteiger charge is 2.18. The van der Waals surface area contributed by atoms with Gasteiger partial charge in [0, 0.05) is 33.9 Å². The maximum atomic E-state index is 11.2. The number of rotatable bonds is 6. The summed E-state index contributed by atoms with van der Waals surface area (Å²) in [7, 11) is 0. The third-order valence-corrected chi connectivity index (χ3v) is 3.31. The zero-order valence-corrected chi connectivity index (χ0v) is 12.6. The third kappa shape index (κ3) is 3.97. The SMILES string of the molecule is [O-][NH+](O)c1cc(CCBr)c([NH+]([O-])O)cc1CCBr. The number of hydrogen-bond acceptors (Lipinski definition) is 4. The van der Waals surface area contributed by atoms with Gasteiger partial charge >= 0.3 is 0 Å². The second-order valence-corrected chi connectivity index (χ2v) is 5.24. The Labute approximate surface area is 121 Å². The van der Waals surface area contributed by atoms with E-state index in [0.29, 0.717) is 34.6 Å². The van der Waals surface area contributed by atoms with Crippen LogP contribution in [0.4, 0.5) is 11.4 Å². The second kappa shape index (κ2) is 7.51. The molecule has 0 amide bonds. The first-order valence-corrected chi connectivity index (χ1v) is 7.49. The Kier molecular flexibility index (Phi) is 6.67. The average molecular weight is 386 g/mol. The standard InChI is InChI=1S/C10H14Br2N2O4/c11-3-1-7-5-10(14(17)18)8(2-4-12)6-9(7)13(15)16/h5-6,13-15,17H,1-4H2. The van der Waals surface area contributed by atoms with E-state index in [1.807, 2.05) is 0 Å². The van der Waals surface area contributed by atoms with Crippen molar-refractivity contribution in [2.24, 2.45) is 0 Å². The van der Waals surface area contributed by atoms with Crippen LogP contribution in [0.3, 0.4) is 0 Å². The minimum atomic E-state index is -1.03. The molecule has 4 N–H and O–H groups in total. The van der Waals surface area contributed by atoms with E-state index >= 15 is 0 Å². The molecular formula is C10H14Br2N2O4. The Bertz CT molecular complexity index is 364. The molecule has 0 fully saturated rings. The molecule has 0 radical (unpaired) electrons. The minimum absolute atomic E-state index is 0.176. The molecule has 18 heavy (non-hydrogen) atoms. The summed E-state index contributed by atoms with van der Waals surface area (Å²) in [5.41, 5.74) is 1.43. The molecule has 6 nitrogen and oxygen atoms in total. The van der Waals surface area contributed by atoms with Gasteiger partial charge in [-0.15, -0.1) is 0 Å². The summed E-state index contributed by atoms with van der Waals surface area (Å²) in [5.74, 6) is 0. The van der Waals surface area contributed by atoms with Crippen molar-refractivity contribution >= 4 is 43.2 Å². The van der Waals surface area contributed by atoms with E-state index < -0.39 is 10.5 Å². The van der Waals surface area contributed by atoms with Gasteiger partial charge in [-0.2, -0.15) is 10.5 Å². The van der Waals surface area contributed by atoms with Crippen molar-refractivity contribution in [1.29, 1.82) is 0 Å². The molecule has 2 unspecified atom stereocenters. The molecule has 8 heteroatoms. The Balaban J connectivity index is 3.30. The highest BCUT2D eigenvalue weighted by molar-refractivity contribution is 9.09. The van der Waals surface area contributed by atoms with Crippen molar-refractivity contribution in [3.63, 3.8) is 0 Å². The summed E-state index contributed by atoms with van der Waals surface area (Å²) in [4.78, 5) is 0. The maximum absolute atomic E-state index is 11.2. The fourth-order valence-electron chi connectivity index (χ4n) is 1.70. The molecule has 0 aromatic heterocycles. The van der Waals surface area contributed by atoms with Crippen LogP contribution < -0.4 is 10.5 Å². The molecule has 2 atom stereocenters. The molecule has 0 saturated heterocycles. The predicted molar refractivity (Wildman–Crippen MR) is 73.0 cm³/mol. The van der Waals surface area contributed by atoms with Gasteiger partial charge in [-0.25, -0.2) is 10.4 Å². The van der Waals surface area contributed by atoms with Gasteiger partial charge in [0.25, 0.3) is 0 Å². The largest absolute Gasteiger partial charge is 0.595 e. The smallest absolute Gasteiger partial charge is 0.167 e.